The molecule has 0 aromatic heterocycles. The molecule has 0 saturated carbocycles. The Kier molecular flexibility index (Phi) is 7.73. The molecular formula is C24H29F3N2O2. The maximum absolute atomic E-state index is 13.9. The molecule has 7 heteroatoms. The monoisotopic (exact) mass is 434 g/mol. The standard InChI is InChI=1S/C24H29F3N2O2/c1-16(2)29(24(30)15-31-3)13-19-12-28(11-17-7-8-22(26)23(27)9-17)14-21(19)18-5-4-6-20(25)10-18/h4-10,16,19,21H,11-15H2,1-3H3. The number of carbonyl (C=O) groups excluding carboxylic acids is 1. The molecule has 0 spiro atoms. The van der Waals surface area contributed by atoms with Crippen molar-refractivity contribution in [2.24, 2.45) is 5.92 Å². The second-order valence-corrected chi connectivity index (χ2v) is 8.44. The maximum atomic E-state index is 13.9. The molecule has 2 unspecified atom stereocenters. The summed E-state index contributed by atoms with van der Waals surface area (Å²) < 4.78 is 45.9. The highest BCUT2D eigenvalue weighted by molar-refractivity contribution is 5.77. The summed E-state index contributed by atoms with van der Waals surface area (Å²) in [7, 11) is 1.49. The number of methoxy groups -OCH3 is 1. The number of halogens is 3. The summed E-state index contributed by atoms with van der Waals surface area (Å²) in [6.07, 6.45) is 0. The first-order valence-corrected chi connectivity index (χ1v) is 10.5. The van der Waals surface area contributed by atoms with Crippen LogP contribution in [-0.2, 0) is 16.1 Å². The van der Waals surface area contributed by atoms with E-state index in [2.05, 4.69) is 4.90 Å². The number of rotatable bonds is 8. The van der Waals surface area contributed by atoms with Crippen LogP contribution in [-0.4, -0.2) is 55.1 Å². The van der Waals surface area contributed by atoms with Crippen LogP contribution >= 0.6 is 0 Å². The third-order valence-electron chi connectivity index (χ3n) is 5.83. The van der Waals surface area contributed by atoms with Gasteiger partial charge in [0.2, 0.25) is 5.91 Å². The van der Waals surface area contributed by atoms with Gasteiger partial charge in [-0.3, -0.25) is 9.69 Å². The predicted octanol–water partition coefficient (Wildman–Crippen LogP) is 4.20. The van der Waals surface area contributed by atoms with E-state index >= 15 is 0 Å². The number of hydrogen-bond acceptors (Lipinski definition) is 3. The summed E-state index contributed by atoms with van der Waals surface area (Å²) in [5, 5.41) is 0. The van der Waals surface area contributed by atoms with Crippen LogP contribution in [0.4, 0.5) is 13.2 Å². The topological polar surface area (TPSA) is 32.8 Å². The molecule has 1 aliphatic rings. The SMILES string of the molecule is COCC(=O)N(CC1CN(Cc2ccc(F)c(F)c2)CC1c1cccc(F)c1)C(C)C. The first-order valence-electron chi connectivity index (χ1n) is 10.5. The molecule has 0 aliphatic carbocycles. The van der Waals surface area contributed by atoms with E-state index in [1.807, 2.05) is 19.9 Å². The van der Waals surface area contributed by atoms with Gasteiger partial charge in [-0.2, -0.15) is 0 Å². The fourth-order valence-corrected chi connectivity index (χ4v) is 4.35. The van der Waals surface area contributed by atoms with Crippen LogP contribution in [0.1, 0.15) is 30.9 Å². The Morgan fingerprint density at radius 1 is 1.13 bits per heavy atom. The summed E-state index contributed by atoms with van der Waals surface area (Å²) in [5.74, 6) is -2.05. The quantitative estimate of drug-likeness (QED) is 0.624. The Hall–Kier alpha value is -2.38. The van der Waals surface area contributed by atoms with Gasteiger partial charge in [-0.25, -0.2) is 13.2 Å². The van der Waals surface area contributed by atoms with Crippen LogP contribution in [0.15, 0.2) is 42.5 Å². The minimum absolute atomic E-state index is 0.00365. The number of benzene rings is 2. The first-order chi connectivity index (χ1) is 14.8. The minimum atomic E-state index is -0.870. The zero-order valence-corrected chi connectivity index (χ0v) is 18.2. The number of likely N-dealkylation sites (tertiary alicyclic amines) is 1. The molecule has 2 aromatic rings. The van der Waals surface area contributed by atoms with E-state index in [-0.39, 0.29) is 36.2 Å². The van der Waals surface area contributed by atoms with Gasteiger partial charge in [0.15, 0.2) is 11.6 Å². The summed E-state index contributed by atoms with van der Waals surface area (Å²) in [6.45, 7) is 6.18. The van der Waals surface area contributed by atoms with Crippen molar-refractivity contribution in [1.29, 1.82) is 0 Å². The van der Waals surface area contributed by atoms with E-state index in [1.54, 1.807) is 17.0 Å². The molecule has 2 atom stereocenters. The third kappa shape index (κ3) is 5.86. The Labute approximate surface area is 181 Å². The highest BCUT2D eigenvalue weighted by atomic mass is 19.2. The van der Waals surface area contributed by atoms with Crippen LogP contribution in [0.25, 0.3) is 0 Å². The predicted molar refractivity (Wildman–Crippen MR) is 113 cm³/mol. The van der Waals surface area contributed by atoms with Crippen LogP contribution in [0, 0.1) is 23.4 Å². The van der Waals surface area contributed by atoms with Crippen molar-refractivity contribution < 1.29 is 22.7 Å². The van der Waals surface area contributed by atoms with Gasteiger partial charge in [0.25, 0.3) is 0 Å². The van der Waals surface area contributed by atoms with E-state index in [4.69, 9.17) is 4.74 Å². The summed E-state index contributed by atoms with van der Waals surface area (Å²) >= 11 is 0. The van der Waals surface area contributed by atoms with E-state index in [1.165, 1.54) is 25.3 Å². The van der Waals surface area contributed by atoms with Crippen LogP contribution < -0.4 is 0 Å². The number of amides is 1. The summed E-state index contributed by atoms with van der Waals surface area (Å²) in [6, 6.07) is 10.5. The van der Waals surface area contributed by atoms with Crippen LogP contribution in [0.2, 0.25) is 0 Å². The second-order valence-electron chi connectivity index (χ2n) is 8.44. The molecule has 1 aliphatic heterocycles. The number of nitrogens with zero attached hydrogens (tertiary/aromatic N) is 2. The molecule has 0 N–H and O–H groups in total. The van der Waals surface area contributed by atoms with Gasteiger partial charge in [-0.05, 0) is 55.2 Å². The van der Waals surface area contributed by atoms with Gasteiger partial charge in [-0.1, -0.05) is 18.2 Å². The molecule has 4 nitrogen and oxygen atoms in total. The minimum Gasteiger partial charge on any atom is -0.375 e. The fourth-order valence-electron chi connectivity index (χ4n) is 4.35. The van der Waals surface area contributed by atoms with E-state index in [9.17, 15) is 18.0 Å². The zero-order chi connectivity index (χ0) is 22.5. The van der Waals surface area contributed by atoms with Crippen molar-refractivity contribution in [2.45, 2.75) is 32.4 Å². The van der Waals surface area contributed by atoms with Crippen molar-refractivity contribution in [3.8, 4) is 0 Å². The highest BCUT2D eigenvalue weighted by Crippen LogP contribution is 2.35. The van der Waals surface area contributed by atoms with Crippen LogP contribution in [0.3, 0.4) is 0 Å². The smallest absolute Gasteiger partial charge is 0.248 e. The molecule has 3 rings (SSSR count). The van der Waals surface area contributed by atoms with Gasteiger partial charge in [0, 0.05) is 45.2 Å². The average molecular weight is 435 g/mol. The Bertz CT molecular complexity index is 906. The normalized spacial score (nSPS) is 19.2. The largest absolute Gasteiger partial charge is 0.375 e. The van der Waals surface area contributed by atoms with Gasteiger partial charge in [0.1, 0.15) is 12.4 Å². The van der Waals surface area contributed by atoms with Crippen LogP contribution in [0.5, 0.6) is 0 Å². The lowest BCUT2D eigenvalue weighted by Crippen LogP contribution is -2.43. The van der Waals surface area contributed by atoms with Crippen molar-refractivity contribution in [1.82, 2.24) is 9.80 Å². The number of ether oxygens (including phenoxy) is 1. The number of hydrogen-bond donors (Lipinski definition) is 0. The van der Waals surface area contributed by atoms with Gasteiger partial charge < -0.3 is 9.64 Å². The van der Waals surface area contributed by atoms with E-state index in [0.717, 1.165) is 11.6 Å². The van der Waals surface area contributed by atoms with E-state index in [0.29, 0.717) is 31.7 Å². The highest BCUT2D eigenvalue weighted by Gasteiger charge is 2.36. The Morgan fingerprint density at radius 3 is 2.55 bits per heavy atom. The fraction of sp³-hybridized carbons (Fsp3) is 0.458. The summed E-state index contributed by atoms with van der Waals surface area (Å²) in [4.78, 5) is 16.5. The molecular weight excluding hydrogens is 405 g/mol. The molecule has 2 aromatic carbocycles. The van der Waals surface area contributed by atoms with Crippen molar-refractivity contribution in [2.75, 3.05) is 33.4 Å². The van der Waals surface area contributed by atoms with E-state index < -0.39 is 11.6 Å². The molecule has 31 heavy (non-hydrogen) atoms. The number of carbonyl (C=O) groups is 1. The average Bonchev–Trinajstić information content (AvgIpc) is 3.11. The summed E-state index contributed by atoms with van der Waals surface area (Å²) in [5.41, 5.74) is 1.55. The molecule has 0 bridgehead atoms. The Morgan fingerprint density at radius 2 is 1.90 bits per heavy atom. The van der Waals surface area contributed by atoms with Gasteiger partial charge in [0.05, 0.1) is 0 Å². The molecule has 1 fully saturated rings. The zero-order valence-electron chi connectivity index (χ0n) is 18.2. The molecule has 1 amide bonds. The van der Waals surface area contributed by atoms with Crippen molar-refractivity contribution >= 4 is 5.91 Å². The van der Waals surface area contributed by atoms with Gasteiger partial charge in [-0.15, -0.1) is 0 Å². The van der Waals surface area contributed by atoms with Crippen molar-refractivity contribution in [3.63, 3.8) is 0 Å². The molecule has 0 radical (unpaired) electrons. The lowest BCUT2D eigenvalue weighted by Gasteiger charge is -2.31. The lowest BCUT2D eigenvalue weighted by molar-refractivity contribution is -0.137. The molecule has 168 valence electrons. The molecule has 1 heterocycles. The van der Waals surface area contributed by atoms with Crippen molar-refractivity contribution in [3.05, 3.63) is 71.0 Å². The Balaban J connectivity index is 1.82. The first kappa shape index (κ1) is 23.3. The maximum Gasteiger partial charge on any atom is 0.248 e. The third-order valence-corrected chi connectivity index (χ3v) is 5.83. The lowest BCUT2D eigenvalue weighted by atomic mass is 9.88. The molecule has 1 saturated heterocycles. The van der Waals surface area contributed by atoms with Gasteiger partial charge >= 0.3 is 0 Å². The second kappa shape index (κ2) is 10.3.